The van der Waals surface area contributed by atoms with Gasteiger partial charge >= 0.3 is 11.7 Å². The lowest BCUT2D eigenvalue weighted by atomic mass is 10.3. The fraction of sp³-hybridized carbons (Fsp3) is 0.444. The number of H-pyrrole nitrogens is 1. The second kappa shape index (κ2) is 5.24. The molecule has 7 heteroatoms. The predicted molar refractivity (Wildman–Crippen MR) is 52.3 cm³/mol. The molecule has 1 heterocycles. The van der Waals surface area contributed by atoms with Crippen molar-refractivity contribution in [3.05, 3.63) is 32.9 Å². The number of hydrogen-bond acceptors (Lipinski definition) is 4. The highest BCUT2D eigenvalue weighted by atomic mass is 19.1. The molecule has 0 unspecified atom stereocenters. The quantitative estimate of drug-likeness (QED) is 0.737. The number of carbonyl (C=O) groups is 1. The number of esters is 1. The molecular weight excluding hydrogens is 219 g/mol. The molecule has 0 amide bonds. The Morgan fingerprint density at radius 2 is 2.25 bits per heavy atom. The van der Waals surface area contributed by atoms with E-state index in [1.807, 2.05) is 0 Å². The van der Waals surface area contributed by atoms with Crippen molar-refractivity contribution < 1.29 is 13.9 Å². The highest BCUT2D eigenvalue weighted by Gasteiger charge is 2.05. The molecule has 88 valence electrons. The molecule has 1 rings (SSSR count). The van der Waals surface area contributed by atoms with Gasteiger partial charge in [-0.2, -0.15) is 4.39 Å². The van der Waals surface area contributed by atoms with Crippen molar-refractivity contribution in [2.75, 3.05) is 0 Å². The van der Waals surface area contributed by atoms with Gasteiger partial charge in [0.15, 0.2) is 6.73 Å². The van der Waals surface area contributed by atoms with Crippen molar-refractivity contribution in [2.45, 2.75) is 26.5 Å². The number of rotatable bonds is 4. The third-order valence-electron chi connectivity index (χ3n) is 1.79. The van der Waals surface area contributed by atoms with E-state index in [1.54, 1.807) is 11.9 Å². The molecule has 0 saturated carbocycles. The minimum atomic E-state index is -1.11. The van der Waals surface area contributed by atoms with Crippen molar-refractivity contribution in [3.8, 4) is 0 Å². The summed E-state index contributed by atoms with van der Waals surface area (Å²) in [6.07, 6.45) is 1.54. The molecule has 0 fully saturated rings. The molecule has 1 aromatic rings. The van der Waals surface area contributed by atoms with Crippen LogP contribution in [-0.2, 0) is 16.3 Å². The first-order valence-corrected chi connectivity index (χ1v) is 4.69. The van der Waals surface area contributed by atoms with Gasteiger partial charge in [0.2, 0.25) is 5.82 Å². The van der Waals surface area contributed by atoms with Crippen LogP contribution < -0.4 is 11.2 Å². The molecule has 16 heavy (non-hydrogen) atoms. The molecule has 0 atom stereocenters. The zero-order valence-electron chi connectivity index (χ0n) is 8.66. The largest absolute Gasteiger partial charge is 0.444 e. The maximum atomic E-state index is 12.8. The maximum Gasteiger partial charge on any atom is 0.331 e. The molecule has 1 aromatic heterocycles. The topological polar surface area (TPSA) is 81.2 Å². The fourth-order valence-corrected chi connectivity index (χ4v) is 0.996. The third-order valence-corrected chi connectivity index (χ3v) is 1.79. The Morgan fingerprint density at radius 3 is 2.88 bits per heavy atom. The van der Waals surface area contributed by atoms with Crippen LogP contribution in [0.1, 0.15) is 19.8 Å². The Labute approximate surface area is 89.7 Å². The van der Waals surface area contributed by atoms with Crippen LogP contribution in [0, 0.1) is 5.82 Å². The molecule has 0 aromatic carbocycles. The van der Waals surface area contributed by atoms with Crippen LogP contribution in [-0.4, -0.2) is 15.5 Å². The van der Waals surface area contributed by atoms with Gasteiger partial charge in [0.05, 0.1) is 6.20 Å². The maximum absolute atomic E-state index is 12.8. The van der Waals surface area contributed by atoms with Crippen LogP contribution in [0.5, 0.6) is 0 Å². The minimum Gasteiger partial charge on any atom is -0.444 e. The second-order valence-electron chi connectivity index (χ2n) is 3.10. The monoisotopic (exact) mass is 230 g/mol. The average Bonchev–Trinajstić information content (AvgIpc) is 2.22. The van der Waals surface area contributed by atoms with E-state index in [-0.39, 0.29) is 6.42 Å². The van der Waals surface area contributed by atoms with Gasteiger partial charge in [0.1, 0.15) is 0 Å². The number of aromatic nitrogens is 2. The summed E-state index contributed by atoms with van der Waals surface area (Å²) in [5.41, 5.74) is -1.92. The SMILES string of the molecule is CCCC(=O)OCn1cc(F)c(=O)[nH]c1=O. The molecule has 6 nitrogen and oxygen atoms in total. The Kier molecular flexibility index (Phi) is 3.98. The molecule has 0 aliphatic rings. The van der Waals surface area contributed by atoms with E-state index in [1.165, 1.54) is 0 Å². The summed E-state index contributed by atoms with van der Waals surface area (Å²) >= 11 is 0. The zero-order valence-corrected chi connectivity index (χ0v) is 8.66. The summed E-state index contributed by atoms with van der Waals surface area (Å²) < 4.78 is 18.2. The van der Waals surface area contributed by atoms with E-state index in [4.69, 9.17) is 0 Å². The van der Waals surface area contributed by atoms with Crippen LogP contribution in [0.4, 0.5) is 4.39 Å². The van der Waals surface area contributed by atoms with Crippen molar-refractivity contribution in [1.29, 1.82) is 0 Å². The number of aromatic amines is 1. The summed E-state index contributed by atoms with van der Waals surface area (Å²) in [5.74, 6) is -1.59. The first-order valence-electron chi connectivity index (χ1n) is 4.69. The summed E-state index contributed by atoms with van der Waals surface area (Å²) in [6.45, 7) is 1.39. The van der Waals surface area contributed by atoms with Crippen LogP contribution in [0.2, 0.25) is 0 Å². The summed E-state index contributed by atoms with van der Waals surface area (Å²) in [5, 5.41) is 0. The van der Waals surface area contributed by atoms with Gasteiger partial charge in [-0.3, -0.25) is 19.1 Å². The van der Waals surface area contributed by atoms with E-state index in [0.29, 0.717) is 12.6 Å². The van der Waals surface area contributed by atoms with E-state index >= 15 is 0 Å². The highest BCUT2D eigenvalue weighted by Crippen LogP contribution is 1.93. The number of halogens is 1. The molecule has 0 spiro atoms. The van der Waals surface area contributed by atoms with Crippen LogP contribution in [0.3, 0.4) is 0 Å². The van der Waals surface area contributed by atoms with E-state index in [0.717, 1.165) is 4.57 Å². The van der Waals surface area contributed by atoms with Crippen molar-refractivity contribution in [2.24, 2.45) is 0 Å². The van der Waals surface area contributed by atoms with Crippen molar-refractivity contribution in [3.63, 3.8) is 0 Å². The van der Waals surface area contributed by atoms with Crippen molar-refractivity contribution >= 4 is 5.97 Å². The lowest BCUT2D eigenvalue weighted by Gasteiger charge is -2.05. The number of ether oxygens (including phenoxy) is 1. The first-order chi connectivity index (χ1) is 7.54. The number of nitrogens with zero attached hydrogens (tertiary/aromatic N) is 1. The highest BCUT2D eigenvalue weighted by molar-refractivity contribution is 5.68. The minimum absolute atomic E-state index is 0.223. The van der Waals surface area contributed by atoms with E-state index in [2.05, 4.69) is 4.74 Å². The summed E-state index contributed by atoms with van der Waals surface area (Å²) in [4.78, 5) is 34.5. The lowest BCUT2D eigenvalue weighted by Crippen LogP contribution is -2.32. The summed E-state index contributed by atoms with van der Waals surface area (Å²) in [6, 6.07) is 0. The van der Waals surface area contributed by atoms with E-state index in [9.17, 15) is 18.8 Å². The standard InChI is InChI=1S/C9H11FN2O4/c1-2-3-7(13)16-5-12-4-6(10)8(14)11-9(12)15/h4H,2-3,5H2,1H3,(H,11,14,15). The Morgan fingerprint density at radius 1 is 1.56 bits per heavy atom. The summed E-state index contributed by atoms with van der Waals surface area (Å²) in [7, 11) is 0. The van der Waals surface area contributed by atoms with Crippen molar-refractivity contribution in [1.82, 2.24) is 9.55 Å². The molecule has 0 saturated heterocycles. The van der Waals surface area contributed by atoms with Gasteiger partial charge in [-0.15, -0.1) is 0 Å². The van der Waals surface area contributed by atoms with Gasteiger partial charge in [0, 0.05) is 6.42 Å². The molecular formula is C9H11FN2O4. The molecule has 0 bridgehead atoms. The van der Waals surface area contributed by atoms with Gasteiger partial charge in [-0.25, -0.2) is 4.79 Å². The molecule has 0 radical (unpaired) electrons. The Hall–Kier alpha value is -1.92. The third kappa shape index (κ3) is 3.04. The van der Waals surface area contributed by atoms with Crippen LogP contribution in [0.25, 0.3) is 0 Å². The van der Waals surface area contributed by atoms with Crippen LogP contribution >= 0.6 is 0 Å². The normalized spacial score (nSPS) is 10.1. The van der Waals surface area contributed by atoms with Gasteiger partial charge in [0.25, 0.3) is 5.56 Å². The molecule has 0 aliphatic carbocycles. The first kappa shape index (κ1) is 12.2. The Balaban J connectivity index is 2.75. The number of hydrogen-bond donors (Lipinski definition) is 1. The fourth-order valence-electron chi connectivity index (χ4n) is 0.996. The number of nitrogens with one attached hydrogen (secondary N) is 1. The average molecular weight is 230 g/mol. The number of carbonyl (C=O) groups excluding carboxylic acids is 1. The zero-order chi connectivity index (χ0) is 12.1. The van der Waals surface area contributed by atoms with Gasteiger partial charge in [-0.1, -0.05) is 6.92 Å². The second-order valence-corrected chi connectivity index (χ2v) is 3.10. The van der Waals surface area contributed by atoms with Gasteiger partial charge in [-0.05, 0) is 6.42 Å². The van der Waals surface area contributed by atoms with Gasteiger partial charge < -0.3 is 4.74 Å². The molecule has 1 N–H and O–H groups in total. The Bertz CT molecular complexity index is 491. The smallest absolute Gasteiger partial charge is 0.331 e. The van der Waals surface area contributed by atoms with E-state index < -0.39 is 29.8 Å². The predicted octanol–water partition coefficient (Wildman–Crippen LogP) is -0.0235. The van der Waals surface area contributed by atoms with Crippen LogP contribution in [0.15, 0.2) is 15.8 Å². The molecule has 0 aliphatic heterocycles. The lowest BCUT2D eigenvalue weighted by molar-refractivity contribution is -0.147.